The third-order valence-corrected chi connectivity index (χ3v) is 3.71. The Labute approximate surface area is 135 Å². The maximum atomic E-state index is 11.8. The molecule has 2 N–H and O–H groups in total. The molecule has 0 aromatic heterocycles. The summed E-state index contributed by atoms with van der Waals surface area (Å²) in [6.45, 7) is 0.143. The molecule has 2 aromatic rings. The van der Waals surface area contributed by atoms with E-state index in [0.717, 1.165) is 15.8 Å². The van der Waals surface area contributed by atoms with E-state index in [1.807, 2.05) is 24.3 Å². The summed E-state index contributed by atoms with van der Waals surface area (Å²) in [5, 5.41) is 6.70. The number of carbonyl (C=O) groups excluding carboxylic acids is 1. The van der Waals surface area contributed by atoms with Crippen LogP contribution in [-0.4, -0.2) is 12.5 Å². The van der Waals surface area contributed by atoms with Crippen LogP contribution in [-0.2, 0) is 4.79 Å². The molecule has 2 rings (SSSR count). The van der Waals surface area contributed by atoms with Gasteiger partial charge in [0, 0.05) is 15.8 Å². The molecule has 20 heavy (non-hydrogen) atoms. The molecule has 0 aliphatic heterocycles. The summed E-state index contributed by atoms with van der Waals surface area (Å²) >= 11 is 15.1. The molecule has 0 radical (unpaired) electrons. The number of benzene rings is 2. The van der Waals surface area contributed by atoms with Gasteiger partial charge in [-0.3, -0.25) is 4.79 Å². The summed E-state index contributed by atoms with van der Waals surface area (Å²) < 4.78 is 0.910. The van der Waals surface area contributed by atoms with Gasteiger partial charge in [-0.1, -0.05) is 45.2 Å². The van der Waals surface area contributed by atoms with Crippen molar-refractivity contribution in [1.82, 2.24) is 0 Å². The molecule has 0 aliphatic carbocycles. The van der Waals surface area contributed by atoms with Gasteiger partial charge in [0.1, 0.15) is 0 Å². The summed E-state index contributed by atoms with van der Waals surface area (Å²) in [5.41, 5.74) is 1.48. The molecule has 0 heterocycles. The van der Waals surface area contributed by atoms with Crippen molar-refractivity contribution in [3.05, 3.63) is 57.0 Å². The Balaban J connectivity index is 1.90. The minimum absolute atomic E-state index is 0.143. The molecule has 104 valence electrons. The molecule has 0 aliphatic rings. The van der Waals surface area contributed by atoms with Crippen LogP contribution in [0.3, 0.4) is 0 Å². The molecule has 3 nitrogen and oxygen atoms in total. The summed E-state index contributed by atoms with van der Waals surface area (Å²) in [4.78, 5) is 11.8. The molecule has 0 saturated carbocycles. The Morgan fingerprint density at radius 3 is 2.55 bits per heavy atom. The van der Waals surface area contributed by atoms with Gasteiger partial charge in [0.15, 0.2) is 0 Å². The van der Waals surface area contributed by atoms with Gasteiger partial charge >= 0.3 is 0 Å². The average molecular weight is 374 g/mol. The Bertz CT molecular complexity index is 634. The van der Waals surface area contributed by atoms with Crippen molar-refractivity contribution < 1.29 is 4.79 Å². The van der Waals surface area contributed by atoms with E-state index >= 15 is 0 Å². The predicted octanol–water partition coefficient (Wildman–Crippen LogP) is 4.81. The Morgan fingerprint density at radius 2 is 1.85 bits per heavy atom. The number of carbonyl (C=O) groups is 1. The van der Waals surface area contributed by atoms with Crippen LogP contribution in [0.4, 0.5) is 11.4 Å². The monoisotopic (exact) mass is 372 g/mol. The molecular formula is C14H11BrCl2N2O. The number of hydrogen-bond acceptors (Lipinski definition) is 2. The summed E-state index contributed by atoms with van der Waals surface area (Å²) in [6.07, 6.45) is 0. The zero-order chi connectivity index (χ0) is 14.5. The van der Waals surface area contributed by atoms with Crippen molar-refractivity contribution in [2.45, 2.75) is 0 Å². The highest BCUT2D eigenvalue weighted by atomic mass is 79.9. The zero-order valence-corrected chi connectivity index (χ0v) is 13.4. The van der Waals surface area contributed by atoms with Crippen molar-refractivity contribution in [3.8, 4) is 0 Å². The van der Waals surface area contributed by atoms with Crippen molar-refractivity contribution in [2.75, 3.05) is 17.2 Å². The highest BCUT2D eigenvalue weighted by Gasteiger charge is 2.04. The second kappa shape index (κ2) is 6.97. The number of amides is 1. The minimum atomic E-state index is -0.144. The van der Waals surface area contributed by atoms with E-state index in [-0.39, 0.29) is 12.5 Å². The van der Waals surface area contributed by atoms with Crippen molar-refractivity contribution in [2.24, 2.45) is 0 Å². The molecule has 0 fully saturated rings. The fraction of sp³-hybridized carbons (Fsp3) is 0.0714. The number of halogens is 3. The third kappa shape index (κ3) is 4.40. The van der Waals surface area contributed by atoms with Gasteiger partial charge < -0.3 is 10.6 Å². The van der Waals surface area contributed by atoms with Crippen molar-refractivity contribution in [1.29, 1.82) is 0 Å². The number of rotatable bonds is 4. The van der Waals surface area contributed by atoms with Gasteiger partial charge in [-0.2, -0.15) is 0 Å². The summed E-state index contributed by atoms with van der Waals surface area (Å²) in [6, 6.07) is 12.5. The van der Waals surface area contributed by atoms with Gasteiger partial charge in [0.05, 0.1) is 16.6 Å². The molecule has 2 aromatic carbocycles. The van der Waals surface area contributed by atoms with Crippen molar-refractivity contribution in [3.63, 3.8) is 0 Å². The normalized spacial score (nSPS) is 10.2. The first-order valence-corrected chi connectivity index (χ1v) is 7.34. The maximum Gasteiger partial charge on any atom is 0.243 e. The van der Waals surface area contributed by atoms with Crippen LogP contribution in [0.5, 0.6) is 0 Å². The molecule has 1 amide bonds. The zero-order valence-electron chi connectivity index (χ0n) is 10.3. The lowest BCUT2D eigenvalue weighted by molar-refractivity contribution is -0.114. The second-order valence-corrected chi connectivity index (χ2v) is 5.77. The molecular weight excluding hydrogens is 363 g/mol. The minimum Gasteiger partial charge on any atom is -0.376 e. The second-order valence-electron chi connectivity index (χ2n) is 4.04. The lowest BCUT2D eigenvalue weighted by Gasteiger charge is -2.08. The highest BCUT2D eigenvalue weighted by molar-refractivity contribution is 9.10. The molecule has 0 atom stereocenters. The van der Waals surface area contributed by atoms with E-state index in [1.54, 1.807) is 18.2 Å². The summed E-state index contributed by atoms with van der Waals surface area (Å²) in [5.74, 6) is -0.144. The van der Waals surface area contributed by atoms with E-state index in [2.05, 4.69) is 26.6 Å². The van der Waals surface area contributed by atoms with Crippen molar-refractivity contribution >= 4 is 56.4 Å². The van der Waals surface area contributed by atoms with Crippen LogP contribution in [0.15, 0.2) is 46.9 Å². The van der Waals surface area contributed by atoms with Crippen LogP contribution in [0.1, 0.15) is 0 Å². The maximum absolute atomic E-state index is 11.8. The smallest absolute Gasteiger partial charge is 0.243 e. The Hall–Kier alpha value is -1.23. The Kier molecular flexibility index (Phi) is 5.29. The van der Waals surface area contributed by atoms with Crippen LogP contribution < -0.4 is 10.6 Å². The summed E-state index contributed by atoms with van der Waals surface area (Å²) in [7, 11) is 0. The quantitative estimate of drug-likeness (QED) is 0.807. The molecule has 0 spiro atoms. The molecule has 0 bridgehead atoms. The first-order chi connectivity index (χ1) is 9.54. The number of nitrogens with one attached hydrogen (secondary N) is 2. The molecule has 0 unspecified atom stereocenters. The predicted molar refractivity (Wildman–Crippen MR) is 87.7 cm³/mol. The fourth-order valence-electron chi connectivity index (χ4n) is 1.56. The van der Waals surface area contributed by atoms with Gasteiger partial charge in [-0.05, 0) is 36.4 Å². The SMILES string of the molecule is O=C(CNc1ccc(Cl)c(Cl)c1)Nc1cccc(Br)c1. The fourth-order valence-corrected chi connectivity index (χ4v) is 2.26. The van der Waals surface area contributed by atoms with Gasteiger partial charge in [0.2, 0.25) is 5.91 Å². The number of hydrogen-bond donors (Lipinski definition) is 2. The number of anilines is 2. The van der Waals surface area contributed by atoms with Gasteiger partial charge in [0.25, 0.3) is 0 Å². The average Bonchev–Trinajstić information content (AvgIpc) is 2.40. The largest absolute Gasteiger partial charge is 0.376 e. The van der Waals surface area contributed by atoms with Gasteiger partial charge in [-0.25, -0.2) is 0 Å². The van der Waals surface area contributed by atoms with E-state index in [0.29, 0.717) is 10.0 Å². The van der Waals surface area contributed by atoms with Gasteiger partial charge in [-0.15, -0.1) is 0 Å². The third-order valence-electron chi connectivity index (χ3n) is 2.48. The molecule has 6 heteroatoms. The van der Waals surface area contributed by atoms with E-state index in [4.69, 9.17) is 23.2 Å². The highest BCUT2D eigenvalue weighted by Crippen LogP contribution is 2.24. The topological polar surface area (TPSA) is 41.1 Å². The van der Waals surface area contributed by atoms with E-state index < -0.39 is 0 Å². The standard InChI is InChI=1S/C14H11BrCl2N2O/c15-9-2-1-3-11(6-9)19-14(20)8-18-10-4-5-12(16)13(17)7-10/h1-7,18H,8H2,(H,19,20). The van der Waals surface area contributed by atoms with Crippen LogP contribution in [0, 0.1) is 0 Å². The lowest BCUT2D eigenvalue weighted by atomic mass is 10.3. The first kappa shape index (κ1) is 15.2. The first-order valence-electron chi connectivity index (χ1n) is 5.79. The van der Waals surface area contributed by atoms with Crippen LogP contribution >= 0.6 is 39.1 Å². The van der Waals surface area contributed by atoms with Crippen LogP contribution in [0.2, 0.25) is 10.0 Å². The Morgan fingerprint density at radius 1 is 1.05 bits per heavy atom. The van der Waals surface area contributed by atoms with E-state index in [1.165, 1.54) is 0 Å². The van der Waals surface area contributed by atoms with Crippen LogP contribution in [0.25, 0.3) is 0 Å². The molecule has 0 saturated heterocycles. The van der Waals surface area contributed by atoms with E-state index in [9.17, 15) is 4.79 Å². The lowest BCUT2D eigenvalue weighted by Crippen LogP contribution is -2.21.